The highest BCUT2D eigenvalue weighted by Gasteiger charge is 2.43. The highest BCUT2D eigenvalue weighted by molar-refractivity contribution is 5.86. The molecule has 0 spiro atoms. The van der Waals surface area contributed by atoms with Crippen molar-refractivity contribution in [2.24, 2.45) is 0 Å². The average molecular weight is 402 g/mol. The molecule has 1 aliphatic heterocycles. The fraction of sp³-hybridized carbons (Fsp3) is 0.292. The second-order valence-corrected chi connectivity index (χ2v) is 7.61. The van der Waals surface area contributed by atoms with E-state index >= 15 is 0 Å². The zero-order valence-electron chi connectivity index (χ0n) is 17.1. The van der Waals surface area contributed by atoms with Crippen LogP contribution in [0.2, 0.25) is 0 Å². The summed E-state index contributed by atoms with van der Waals surface area (Å²) in [4.78, 5) is 23.5. The molecule has 1 amide bonds. The number of hydrogen-bond donors (Lipinski definition) is 1. The third kappa shape index (κ3) is 4.56. The molecule has 0 radical (unpaired) electrons. The molecule has 1 fully saturated rings. The van der Waals surface area contributed by atoms with E-state index in [-0.39, 0.29) is 5.91 Å². The quantitative estimate of drug-likeness (QED) is 0.687. The lowest BCUT2D eigenvalue weighted by atomic mass is 9.90. The van der Waals surface area contributed by atoms with Crippen molar-refractivity contribution in [2.75, 3.05) is 26.7 Å². The smallest absolute Gasteiger partial charge is 0.253 e. The van der Waals surface area contributed by atoms with Gasteiger partial charge in [0.2, 0.25) is 0 Å². The maximum atomic E-state index is 13.0. The van der Waals surface area contributed by atoms with Crippen LogP contribution in [-0.4, -0.2) is 53.1 Å². The molecule has 0 unspecified atom stereocenters. The first-order chi connectivity index (χ1) is 14.7. The number of hydrogen-bond acceptors (Lipinski definition) is 5. The maximum absolute atomic E-state index is 13.0. The molecule has 1 saturated heterocycles. The number of rotatable bonds is 6. The van der Waals surface area contributed by atoms with Crippen molar-refractivity contribution in [3.63, 3.8) is 0 Å². The molecule has 1 N–H and O–H groups in total. The fourth-order valence-electron chi connectivity index (χ4n) is 4.01. The van der Waals surface area contributed by atoms with Crippen molar-refractivity contribution >= 4 is 5.91 Å². The number of pyridine rings is 2. The van der Waals surface area contributed by atoms with Gasteiger partial charge in [-0.1, -0.05) is 30.3 Å². The normalized spacial score (nSPS) is 19.4. The van der Waals surface area contributed by atoms with Crippen LogP contribution in [0.25, 0.3) is 11.1 Å². The minimum atomic E-state index is -0.923. The summed E-state index contributed by atoms with van der Waals surface area (Å²) in [5, 5.41) is 2.82. The van der Waals surface area contributed by atoms with Crippen LogP contribution in [0.4, 0.5) is 0 Å². The number of nitrogens with one attached hydrogen (secondary N) is 1. The van der Waals surface area contributed by atoms with E-state index in [1.54, 1.807) is 25.6 Å². The van der Waals surface area contributed by atoms with Gasteiger partial charge in [-0.25, -0.2) is 0 Å². The summed E-state index contributed by atoms with van der Waals surface area (Å²) >= 11 is 0. The van der Waals surface area contributed by atoms with Gasteiger partial charge < -0.3 is 10.1 Å². The number of aromatic nitrogens is 2. The van der Waals surface area contributed by atoms with Gasteiger partial charge >= 0.3 is 0 Å². The molecule has 154 valence electrons. The molecule has 0 saturated carbocycles. The van der Waals surface area contributed by atoms with Crippen LogP contribution in [0, 0.1) is 0 Å². The largest absolute Gasteiger partial charge is 0.362 e. The zero-order chi connectivity index (χ0) is 20.8. The highest BCUT2D eigenvalue weighted by Crippen LogP contribution is 2.27. The van der Waals surface area contributed by atoms with E-state index in [0.717, 1.165) is 29.8 Å². The van der Waals surface area contributed by atoms with Gasteiger partial charge in [0.1, 0.15) is 0 Å². The molecule has 2 aromatic heterocycles. The molecular formula is C24H26N4O2. The van der Waals surface area contributed by atoms with E-state index < -0.39 is 5.60 Å². The predicted octanol–water partition coefficient (Wildman–Crippen LogP) is 2.70. The average Bonchev–Trinajstić information content (AvgIpc) is 2.80. The Hall–Kier alpha value is -3.09. The lowest BCUT2D eigenvalue weighted by molar-refractivity contribution is -0.160. The molecule has 1 aliphatic rings. The standard InChI is InChI=1S/C24H26N4O2/c1-25-23(29)24(18-28(12-13-30-24)17-19-7-10-26-11-8-19)15-20-4-2-5-21(14-20)22-6-3-9-27-16-22/h2-11,14,16H,12-13,15,17-18H2,1H3,(H,25,29)/t24-/m1/s1. The Bertz CT molecular complexity index is 981. The topological polar surface area (TPSA) is 67.4 Å². The first-order valence-corrected chi connectivity index (χ1v) is 10.2. The van der Waals surface area contributed by atoms with Crippen molar-refractivity contribution in [3.8, 4) is 11.1 Å². The first kappa shape index (κ1) is 20.2. The number of amides is 1. The predicted molar refractivity (Wildman–Crippen MR) is 116 cm³/mol. The van der Waals surface area contributed by atoms with Gasteiger partial charge in [-0.05, 0) is 40.5 Å². The summed E-state index contributed by atoms with van der Waals surface area (Å²) in [7, 11) is 1.67. The molecule has 3 aromatic rings. The third-order valence-corrected chi connectivity index (χ3v) is 5.47. The second kappa shape index (κ2) is 9.15. The van der Waals surface area contributed by atoms with Crippen molar-refractivity contribution in [3.05, 3.63) is 84.4 Å². The van der Waals surface area contributed by atoms with Gasteiger partial charge in [-0.15, -0.1) is 0 Å². The summed E-state index contributed by atoms with van der Waals surface area (Å²) in [6.07, 6.45) is 7.72. The van der Waals surface area contributed by atoms with Gasteiger partial charge in [-0.2, -0.15) is 0 Å². The van der Waals surface area contributed by atoms with Crippen molar-refractivity contribution in [1.82, 2.24) is 20.2 Å². The van der Waals surface area contributed by atoms with Crippen LogP contribution >= 0.6 is 0 Å². The molecule has 4 rings (SSSR count). The summed E-state index contributed by atoms with van der Waals surface area (Å²) in [6.45, 7) is 2.60. The first-order valence-electron chi connectivity index (χ1n) is 10.2. The zero-order valence-corrected chi connectivity index (χ0v) is 17.1. The van der Waals surface area contributed by atoms with E-state index in [1.807, 2.05) is 36.5 Å². The number of likely N-dealkylation sites (N-methyl/N-ethyl adjacent to an activating group) is 1. The highest BCUT2D eigenvalue weighted by atomic mass is 16.5. The maximum Gasteiger partial charge on any atom is 0.253 e. The van der Waals surface area contributed by atoms with Gasteiger partial charge in [0.15, 0.2) is 5.60 Å². The fourth-order valence-corrected chi connectivity index (χ4v) is 4.01. The molecule has 1 aromatic carbocycles. The molecule has 0 aliphatic carbocycles. The Morgan fingerprint density at radius 3 is 2.67 bits per heavy atom. The van der Waals surface area contributed by atoms with Crippen LogP contribution in [0.15, 0.2) is 73.3 Å². The Balaban J connectivity index is 1.57. The molecule has 3 heterocycles. The van der Waals surface area contributed by atoms with Gasteiger partial charge in [0.05, 0.1) is 6.61 Å². The van der Waals surface area contributed by atoms with Crippen molar-refractivity contribution in [2.45, 2.75) is 18.6 Å². The number of carbonyl (C=O) groups is 1. The van der Waals surface area contributed by atoms with E-state index in [2.05, 4.69) is 38.4 Å². The second-order valence-electron chi connectivity index (χ2n) is 7.61. The number of ether oxygens (including phenoxy) is 1. The minimum absolute atomic E-state index is 0.0892. The lowest BCUT2D eigenvalue weighted by Gasteiger charge is -2.41. The number of carbonyl (C=O) groups excluding carboxylic acids is 1. The number of morpholine rings is 1. The van der Waals surface area contributed by atoms with Crippen molar-refractivity contribution in [1.29, 1.82) is 0 Å². The van der Waals surface area contributed by atoms with Gasteiger partial charge in [-0.3, -0.25) is 19.7 Å². The Morgan fingerprint density at radius 1 is 1.07 bits per heavy atom. The molecule has 6 heteroatoms. The van der Waals surface area contributed by atoms with E-state index in [0.29, 0.717) is 19.6 Å². The molecule has 0 bridgehead atoms. The van der Waals surface area contributed by atoms with Gasteiger partial charge in [0.25, 0.3) is 5.91 Å². The molecule has 1 atom stereocenters. The van der Waals surface area contributed by atoms with Crippen LogP contribution in [0.5, 0.6) is 0 Å². The monoisotopic (exact) mass is 402 g/mol. The summed E-state index contributed by atoms with van der Waals surface area (Å²) in [5.41, 5.74) is 3.45. The van der Waals surface area contributed by atoms with E-state index in [4.69, 9.17) is 4.74 Å². The minimum Gasteiger partial charge on any atom is -0.362 e. The Morgan fingerprint density at radius 2 is 1.90 bits per heavy atom. The number of nitrogens with zero attached hydrogens (tertiary/aromatic N) is 3. The van der Waals surface area contributed by atoms with Crippen LogP contribution in [0.3, 0.4) is 0 Å². The summed E-state index contributed by atoms with van der Waals surface area (Å²) in [6, 6.07) is 16.2. The molecule has 6 nitrogen and oxygen atoms in total. The van der Waals surface area contributed by atoms with E-state index in [1.165, 1.54) is 5.56 Å². The number of benzene rings is 1. The van der Waals surface area contributed by atoms with Crippen LogP contribution in [0.1, 0.15) is 11.1 Å². The van der Waals surface area contributed by atoms with Crippen LogP contribution in [-0.2, 0) is 22.5 Å². The Kier molecular flexibility index (Phi) is 6.16. The molecule has 30 heavy (non-hydrogen) atoms. The van der Waals surface area contributed by atoms with Crippen LogP contribution < -0.4 is 5.32 Å². The SMILES string of the molecule is CNC(=O)[C@@]1(Cc2cccc(-c3cccnc3)c2)CN(Cc2ccncc2)CCO1. The van der Waals surface area contributed by atoms with Crippen molar-refractivity contribution < 1.29 is 9.53 Å². The summed E-state index contributed by atoms with van der Waals surface area (Å²) < 4.78 is 6.16. The lowest BCUT2D eigenvalue weighted by Crippen LogP contribution is -2.60. The van der Waals surface area contributed by atoms with E-state index in [9.17, 15) is 4.79 Å². The van der Waals surface area contributed by atoms with Gasteiger partial charge in [0, 0.05) is 57.9 Å². The third-order valence-electron chi connectivity index (χ3n) is 5.47. The molecular weight excluding hydrogens is 376 g/mol. The summed E-state index contributed by atoms with van der Waals surface area (Å²) in [5.74, 6) is -0.0892. The Labute approximate surface area is 176 Å².